The van der Waals surface area contributed by atoms with Crippen LogP contribution in [0.15, 0.2) is 5.10 Å². The van der Waals surface area contributed by atoms with Gasteiger partial charge < -0.3 is 4.74 Å². The van der Waals surface area contributed by atoms with Crippen LogP contribution in [0.3, 0.4) is 0 Å². The Morgan fingerprint density at radius 3 is 2.73 bits per heavy atom. The smallest absolute Gasteiger partial charge is 0.327 e. The molecule has 84 valence electrons. The van der Waals surface area contributed by atoms with Gasteiger partial charge in [-0.3, -0.25) is 9.59 Å². The van der Waals surface area contributed by atoms with E-state index >= 15 is 0 Å². The van der Waals surface area contributed by atoms with Crippen LogP contribution in [0.4, 0.5) is 0 Å². The third-order valence-corrected chi connectivity index (χ3v) is 2.12. The molecular formula is C10H16N2O3. The highest BCUT2D eigenvalue weighted by Crippen LogP contribution is 2.13. The minimum Gasteiger partial charge on any atom is -0.465 e. The van der Waals surface area contributed by atoms with Crippen molar-refractivity contribution >= 4 is 17.6 Å². The van der Waals surface area contributed by atoms with Gasteiger partial charge in [-0.15, -0.1) is 0 Å². The van der Waals surface area contributed by atoms with Crippen LogP contribution in [0.25, 0.3) is 0 Å². The Morgan fingerprint density at radius 2 is 2.27 bits per heavy atom. The van der Waals surface area contributed by atoms with Crippen molar-refractivity contribution in [2.75, 3.05) is 13.2 Å². The fourth-order valence-electron chi connectivity index (χ4n) is 1.26. The lowest BCUT2D eigenvalue weighted by atomic mass is 10.1. The normalized spacial score (nSPS) is 15.9. The van der Waals surface area contributed by atoms with E-state index in [1.807, 2.05) is 13.8 Å². The highest BCUT2D eigenvalue weighted by atomic mass is 16.5. The first-order valence-electron chi connectivity index (χ1n) is 5.08. The second kappa shape index (κ2) is 4.91. The lowest BCUT2D eigenvalue weighted by molar-refractivity contribution is -0.148. The van der Waals surface area contributed by atoms with Crippen molar-refractivity contribution < 1.29 is 14.3 Å². The van der Waals surface area contributed by atoms with Crippen LogP contribution in [0, 0.1) is 5.92 Å². The lowest BCUT2D eigenvalue weighted by Crippen LogP contribution is -2.28. The van der Waals surface area contributed by atoms with Gasteiger partial charge in [0.2, 0.25) is 5.91 Å². The van der Waals surface area contributed by atoms with Crippen LogP contribution in [0.2, 0.25) is 0 Å². The van der Waals surface area contributed by atoms with Crippen LogP contribution in [0.1, 0.15) is 27.2 Å². The van der Waals surface area contributed by atoms with Crippen LogP contribution in [0.5, 0.6) is 0 Å². The Morgan fingerprint density at radius 1 is 1.60 bits per heavy atom. The predicted octanol–water partition coefficient (Wildman–Crippen LogP) is 0.794. The van der Waals surface area contributed by atoms with E-state index in [4.69, 9.17) is 4.74 Å². The summed E-state index contributed by atoms with van der Waals surface area (Å²) in [6, 6.07) is 0. The molecule has 1 aliphatic heterocycles. The Bertz CT molecular complexity index is 297. The molecule has 0 aromatic carbocycles. The highest BCUT2D eigenvalue weighted by Gasteiger charge is 2.27. The molecule has 0 bridgehead atoms. The minimum absolute atomic E-state index is 0.0805. The van der Waals surface area contributed by atoms with Gasteiger partial charge in [0.05, 0.1) is 18.7 Å². The minimum atomic E-state index is -0.417. The summed E-state index contributed by atoms with van der Waals surface area (Å²) in [6.07, 6.45) is 0.317. The van der Waals surface area contributed by atoms with E-state index in [9.17, 15) is 9.59 Å². The maximum atomic E-state index is 11.4. The molecule has 5 nitrogen and oxygen atoms in total. The molecule has 1 rings (SSSR count). The molecule has 1 heterocycles. The first-order valence-corrected chi connectivity index (χ1v) is 5.08. The van der Waals surface area contributed by atoms with Crippen molar-refractivity contribution in [3.63, 3.8) is 0 Å². The topological polar surface area (TPSA) is 59.0 Å². The van der Waals surface area contributed by atoms with E-state index in [1.54, 1.807) is 6.92 Å². The number of rotatable bonds is 4. The number of esters is 1. The van der Waals surface area contributed by atoms with Gasteiger partial charge in [0.1, 0.15) is 6.54 Å². The fourth-order valence-corrected chi connectivity index (χ4v) is 1.26. The lowest BCUT2D eigenvalue weighted by Gasteiger charge is -2.09. The van der Waals surface area contributed by atoms with E-state index in [0.29, 0.717) is 13.0 Å². The molecule has 0 aromatic heterocycles. The maximum Gasteiger partial charge on any atom is 0.327 e. The Hall–Kier alpha value is -1.39. The average molecular weight is 212 g/mol. The van der Waals surface area contributed by atoms with Crippen molar-refractivity contribution in [2.45, 2.75) is 27.2 Å². The summed E-state index contributed by atoms with van der Waals surface area (Å²) in [5, 5.41) is 5.28. The van der Waals surface area contributed by atoms with Crippen LogP contribution < -0.4 is 0 Å². The average Bonchev–Trinajstić information content (AvgIpc) is 2.48. The summed E-state index contributed by atoms with van der Waals surface area (Å²) in [7, 11) is 0. The summed E-state index contributed by atoms with van der Waals surface area (Å²) in [6.45, 7) is 5.91. The number of hydrazone groups is 1. The van der Waals surface area contributed by atoms with Crippen molar-refractivity contribution in [1.82, 2.24) is 5.01 Å². The zero-order valence-corrected chi connectivity index (χ0v) is 9.32. The first-order chi connectivity index (χ1) is 7.04. The van der Waals surface area contributed by atoms with Gasteiger partial charge in [-0.2, -0.15) is 5.10 Å². The highest BCUT2D eigenvalue weighted by molar-refractivity contribution is 6.06. The van der Waals surface area contributed by atoms with Crippen molar-refractivity contribution in [3.05, 3.63) is 0 Å². The Kier molecular flexibility index (Phi) is 3.82. The zero-order valence-electron chi connectivity index (χ0n) is 9.32. The predicted molar refractivity (Wildman–Crippen MR) is 55.2 cm³/mol. The molecule has 0 aromatic rings. The SMILES string of the molecule is CCOC(=O)CN1N=C(C(C)C)CC1=O. The van der Waals surface area contributed by atoms with Crippen LogP contribution >= 0.6 is 0 Å². The van der Waals surface area contributed by atoms with Crippen LogP contribution in [-0.4, -0.2) is 35.7 Å². The summed E-state index contributed by atoms with van der Waals surface area (Å²) in [4.78, 5) is 22.6. The van der Waals surface area contributed by atoms with Gasteiger partial charge in [0, 0.05) is 0 Å². The number of hydrogen-bond acceptors (Lipinski definition) is 4. The van der Waals surface area contributed by atoms with Gasteiger partial charge >= 0.3 is 5.97 Å². The summed E-state index contributed by atoms with van der Waals surface area (Å²) in [5.74, 6) is -0.312. The second-order valence-corrected chi connectivity index (χ2v) is 3.68. The van der Waals surface area contributed by atoms with Gasteiger partial charge in [0.15, 0.2) is 0 Å². The molecule has 1 amide bonds. The molecule has 15 heavy (non-hydrogen) atoms. The molecule has 0 atom stereocenters. The monoisotopic (exact) mass is 212 g/mol. The molecular weight excluding hydrogens is 196 g/mol. The van der Waals surface area contributed by atoms with Crippen molar-refractivity contribution in [1.29, 1.82) is 0 Å². The third kappa shape index (κ3) is 3.04. The van der Waals surface area contributed by atoms with E-state index in [0.717, 1.165) is 5.71 Å². The van der Waals surface area contributed by atoms with E-state index < -0.39 is 5.97 Å². The number of nitrogens with zero attached hydrogens (tertiary/aromatic N) is 2. The summed E-state index contributed by atoms with van der Waals surface area (Å²) < 4.78 is 4.75. The molecule has 0 aliphatic carbocycles. The first kappa shape index (κ1) is 11.7. The number of carbonyl (C=O) groups excluding carboxylic acids is 2. The Labute approximate surface area is 89.1 Å². The number of ether oxygens (including phenoxy) is 1. The van der Waals surface area contributed by atoms with E-state index in [-0.39, 0.29) is 18.4 Å². The molecule has 1 aliphatic rings. The maximum absolute atomic E-state index is 11.4. The molecule has 0 saturated carbocycles. The molecule has 0 spiro atoms. The standard InChI is InChI=1S/C10H16N2O3/c1-4-15-10(14)6-12-9(13)5-8(11-12)7(2)3/h7H,4-6H2,1-3H3. The molecule has 0 N–H and O–H groups in total. The quantitative estimate of drug-likeness (QED) is 0.647. The number of carbonyl (C=O) groups is 2. The second-order valence-electron chi connectivity index (χ2n) is 3.68. The third-order valence-electron chi connectivity index (χ3n) is 2.12. The molecule has 0 radical (unpaired) electrons. The number of amides is 1. The van der Waals surface area contributed by atoms with Crippen LogP contribution in [-0.2, 0) is 14.3 Å². The summed E-state index contributed by atoms with van der Waals surface area (Å²) >= 11 is 0. The fraction of sp³-hybridized carbons (Fsp3) is 0.700. The molecule has 0 saturated heterocycles. The summed E-state index contributed by atoms with van der Waals surface area (Å²) in [5.41, 5.74) is 0.823. The molecule has 0 fully saturated rings. The van der Waals surface area contributed by atoms with Gasteiger partial charge in [-0.1, -0.05) is 13.8 Å². The van der Waals surface area contributed by atoms with E-state index in [1.165, 1.54) is 5.01 Å². The molecule has 5 heteroatoms. The van der Waals surface area contributed by atoms with Crippen molar-refractivity contribution in [3.8, 4) is 0 Å². The number of hydrogen-bond donors (Lipinski definition) is 0. The zero-order chi connectivity index (χ0) is 11.4. The van der Waals surface area contributed by atoms with Gasteiger partial charge in [-0.05, 0) is 12.8 Å². The largest absolute Gasteiger partial charge is 0.465 e. The van der Waals surface area contributed by atoms with Crippen molar-refractivity contribution in [2.24, 2.45) is 11.0 Å². The molecule has 0 unspecified atom stereocenters. The van der Waals surface area contributed by atoms with Gasteiger partial charge in [-0.25, -0.2) is 5.01 Å². The Balaban J connectivity index is 2.56. The van der Waals surface area contributed by atoms with Gasteiger partial charge in [0.25, 0.3) is 0 Å². The van der Waals surface area contributed by atoms with E-state index in [2.05, 4.69) is 5.10 Å².